The van der Waals surface area contributed by atoms with E-state index < -0.39 is 5.82 Å². The van der Waals surface area contributed by atoms with E-state index in [1.807, 2.05) is 0 Å². The van der Waals surface area contributed by atoms with Gasteiger partial charge in [-0.15, -0.1) is 0 Å². The van der Waals surface area contributed by atoms with Crippen LogP contribution in [0.1, 0.15) is 64.0 Å². The second kappa shape index (κ2) is 12.1. The highest BCUT2D eigenvalue weighted by Gasteiger charge is 2.28. The molecule has 3 heterocycles. The van der Waals surface area contributed by atoms with Crippen molar-refractivity contribution in [2.45, 2.75) is 70.4 Å². The zero-order valence-corrected chi connectivity index (χ0v) is 20.6. The summed E-state index contributed by atoms with van der Waals surface area (Å²) >= 11 is 0. The fraction of sp³-hybridized carbons (Fsp3) is 0.760. The van der Waals surface area contributed by atoms with E-state index in [9.17, 15) is 4.39 Å². The van der Waals surface area contributed by atoms with Crippen LogP contribution in [0, 0.1) is 11.2 Å². The summed E-state index contributed by atoms with van der Waals surface area (Å²) in [5.41, 5.74) is 2.26. The van der Waals surface area contributed by atoms with E-state index >= 15 is 0 Å². The molecule has 9 heteroatoms. The molecule has 0 spiro atoms. The summed E-state index contributed by atoms with van der Waals surface area (Å²) in [7, 11) is 1.72. The molecule has 1 saturated carbocycles. The number of methoxy groups -OCH3 is 1. The van der Waals surface area contributed by atoms with Gasteiger partial charge in [0, 0.05) is 70.6 Å². The van der Waals surface area contributed by atoms with Crippen LogP contribution in [0.25, 0.3) is 0 Å². The van der Waals surface area contributed by atoms with Crippen LogP contribution >= 0.6 is 0 Å². The predicted octanol–water partition coefficient (Wildman–Crippen LogP) is 3.42. The van der Waals surface area contributed by atoms with E-state index in [-0.39, 0.29) is 5.41 Å². The molecular weight excluding hydrogens is 435 g/mol. The Morgan fingerprint density at radius 3 is 2.74 bits per heavy atom. The molecular formula is C25H39FN6O2. The van der Waals surface area contributed by atoms with Gasteiger partial charge in [-0.25, -0.2) is 14.4 Å². The molecule has 3 aliphatic rings. The fourth-order valence-corrected chi connectivity index (χ4v) is 4.90. The van der Waals surface area contributed by atoms with Crippen molar-refractivity contribution in [2.24, 2.45) is 15.4 Å². The number of hydrogen-bond acceptors (Lipinski definition) is 8. The molecule has 188 valence electrons. The van der Waals surface area contributed by atoms with Gasteiger partial charge in [-0.05, 0) is 43.9 Å². The van der Waals surface area contributed by atoms with Crippen molar-refractivity contribution in [3.05, 3.63) is 17.7 Å². The first-order valence-electron chi connectivity index (χ1n) is 12.7. The molecule has 1 aromatic rings. The van der Waals surface area contributed by atoms with Crippen molar-refractivity contribution < 1.29 is 13.9 Å². The lowest BCUT2D eigenvalue weighted by molar-refractivity contribution is 0.0283. The van der Waals surface area contributed by atoms with Crippen LogP contribution in [-0.2, 0) is 9.47 Å². The maximum absolute atomic E-state index is 14.7. The summed E-state index contributed by atoms with van der Waals surface area (Å²) < 4.78 is 25.3. The van der Waals surface area contributed by atoms with Gasteiger partial charge in [-0.3, -0.25) is 9.98 Å². The number of nitrogens with zero attached hydrogens (tertiary/aromatic N) is 4. The van der Waals surface area contributed by atoms with E-state index in [4.69, 9.17) is 14.5 Å². The molecule has 8 nitrogen and oxygen atoms in total. The Kier molecular flexibility index (Phi) is 8.97. The molecule has 2 aliphatic heterocycles. The van der Waals surface area contributed by atoms with Crippen molar-refractivity contribution in [3.8, 4) is 0 Å². The highest BCUT2D eigenvalue weighted by molar-refractivity contribution is 6.13. The third-order valence-corrected chi connectivity index (χ3v) is 7.28. The molecule has 4 rings (SSSR count). The normalized spacial score (nSPS) is 26.3. The molecule has 1 saturated heterocycles. The van der Waals surface area contributed by atoms with Crippen molar-refractivity contribution in [1.29, 1.82) is 0 Å². The number of rotatable bonds is 9. The largest absolute Gasteiger partial charge is 0.383 e. The van der Waals surface area contributed by atoms with Crippen molar-refractivity contribution in [2.75, 3.05) is 51.9 Å². The maximum atomic E-state index is 14.7. The monoisotopic (exact) mass is 474 g/mol. The smallest absolute Gasteiger partial charge is 0.223 e. The van der Waals surface area contributed by atoms with Gasteiger partial charge in [-0.2, -0.15) is 0 Å². The average molecular weight is 475 g/mol. The number of ether oxygens (including phenoxy) is 2. The van der Waals surface area contributed by atoms with E-state index in [0.717, 1.165) is 83.6 Å². The molecule has 2 fully saturated rings. The van der Waals surface area contributed by atoms with Crippen LogP contribution in [0.2, 0.25) is 0 Å². The van der Waals surface area contributed by atoms with E-state index in [0.29, 0.717) is 42.4 Å². The van der Waals surface area contributed by atoms with Gasteiger partial charge in [0.1, 0.15) is 5.69 Å². The number of halogens is 1. The number of aliphatic imine (C=N–C) groups is 2. The van der Waals surface area contributed by atoms with Crippen LogP contribution in [0.4, 0.5) is 10.3 Å². The Labute approximate surface area is 202 Å². The molecule has 0 amide bonds. The Hall–Kier alpha value is -1.97. The number of anilines is 1. The SMILES string of the molecule is COCCNC1CCC(Nc2ncc(F)c(C3=NCCC(=NCC4(C)CCOCC4)C3)n2)CC1. The van der Waals surface area contributed by atoms with Gasteiger partial charge in [0.2, 0.25) is 5.95 Å². The van der Waals surface area contributed by atoms with E-state index in [1.54, 1.807) is 7.11 Å². The molecule has 0 atom stereocenters. The molecule has 34 heavy (non-hydrogen) atoms. The summed E-state index contributed by atoms with van der Waals surface area (Å²) in [6.07, 6.45) is 8.95. The number of hydrogen-bond donors (Lipinski definition) is 2. The first-order valence-corrected chi connectivity index (χ1v) is 12.7. The molecule has 1 aromatic heterocycles. The highest BCUT2D eigenvalue weighted by atomic mass is 19.1. The Balaban J connectivity index is 1.33. The van der Waals surface area contributed by atoms with Crippen LogP contribution < -0.4 is 10.6 Å². The fourth-order valence-electron chi connectivity index (χ4n) is 4.90. The van der Waals surface area contributed by atoms with Gasteiger partial charge >= 0.3 is 0 Å². The summed E-state index contributed by atoms with van der Waals surface area (Å²) in [4.78, 5) is 18.3. The zero-order chi connectivity index (χ0) is 23.8. The Morgan fingerprint density at radius 2 is 1.97 bits per heavy atom. The van der Waals surface area contributed by atoms with Gasteiger partial charge in [0.25, 0.3) is 0 Å². The summed E-state index contributed by atoms with van der Waals surface area (Å²) in [6, 6.07) is 0.819. The molecule has 2 N–H and O–H groups in total. The second-order valence-corrected chi connectivity index (χ2v) is 10.1. The predicted molar refractivity (Wildman–Crippen MR) is 133 cm³/mol. The summed E-state index contributed by atoms with van der Waals surface area (Å²) in [5.74, 6) is 0.0571. The van der Waals surface area contributed by atoms with Crippen molar-refractivity contribution in [1.82, 2.24) is 15.3 Å². The van der Waals surface area contributed by atoms with Gasteiger partial charge in [0.15, 0.2) is 5.82 Å². The van der Waals surface area contributed by atoms with E-state index in [1.165, 1.54) is 6.20 Å². The van der Waals surface area contributed by atoms with Crippen molar-refractivity contribution in [3.63, 3.8) is 0 Å². The van der Waals surface area contributed by atoms with Crippen LogP contribution in [0.5, 0.6) is 0 Å². The minimum Gasteiger partial charge on any atom is -0.383 e. The lowest BCUT2D eigenvalue weighted by Crippen LogP contribution is -2.38. The van der Waals surface area contributed by atoms with Crippen LogP contribution in [0.15, 0.2) is 16.2 Å². The van der Waals surface area contributed by atoms with Gasteiger partial charge < -0.3 is 20.1 Å². The van der Waals surface area contributed by atoms with Gasteiger partial charge in [-0.1, -0.05) is 6.92 Å². The molecule has 0 radical (unpaired) electrons. The lowest BCUT2D eigenvalue weighted by Gasteiger charge is -2.32. The quantitative estimate of drug-likeness (QED) is 0.533. The molecule has 1 aliphatic carbocycles. The summed E-state index contributed by atoms with van der Waals surface area (Å²) in [6.45, 7) is 6.92. The van der Waals surface area contributed by atoms with Gasteiger partial charge in [0.05, 0.1) is 18.5 Å². The Bertz CT molecular complexity index is 863. The van der Waals surface area contributed by atoms with Crippen molar-refractivity contribution >= 4 is 17.4 Å². The maximum Gasteiger partial charge on any atom is 0.223 e. The van der Waals surface area contributed by atoms with Crippen LogP contribution in [0.3, 0.4) is 0 Å². The third kappa shape index (κ3) is 7.02. The highest BCUT2D eigenvalue weighted by Crippen LogP contribution is 2.30. The molecule has 0 unspecified atom stereocenters. The Morgan fingerprint density at radius 1 is 1.21 bits per heavy atom. The minimum absolute atomic E-state index is 0.190. The third-order valence-electron chi connectivity index (χ3n) is 7.28. The minimum atomic E-state index is -0.423. The zero-order valence-electron chi connectivity index (χ0n) is 20.6. The van der Waals surface area contributed by atoms with E-state index in [2.05, 4.69) is 32.5 Å². The van der Waals surface area contributed by atoms with Crippen LogP contribution in [-0.4, -0.2) is 80.0 Å². The second-order valence-electron chi connectivity index (χ2n) is 10.1. The molecule has 0 bridgehead atoms. The summed E-state index contributed by atoms with van der Waals surface area (Å²) in [5, 5.41) is 6.96. The molecule has 0 aromatic carbocycles. The first kappa shape index (κ1) is 25.1. The first-order chi connectivity index (χ1) is 16.5. The standard InChI is InChI=1S/C25H39FN6O2/c1-25(8-12-34-13-9-25)17-30-20-7-10-28-22(15-20)23-21(26)16-29-24(32-23)31-19-5-3-18(4-6-19)27-11-14-33-2/h16,18-19,27H,3-15,17H2,1-2H3,(H,29,31,32). The average Bonchev–Trinajstić information content (AvgIpc) is 2.86. The topological polar surface area (TPSA) is 93.0 Å². The lowest BCUT2D eigenvalue weighted by atomic mass is 9.82. The number of nitrogens with one attached hydrogen (secondary N) is 2. The number of aromatic nitrogens is 2.